The molecule has 0 aliphatic carbocycles. The van der Waals surface area contributed by atoms with E-state index >= 15 is 0 Å². The fraction of sp³-hybridized carbons (Fsp3) is 0.267. The van der Waals surface area contributed by atoms with Crippen molar-refractivity contribution in [3.05, 3.63) is 107 Å². The van der Waals surface area contributed by atoms with Crippen molar-refractivity contribution in [2.45, 2.75) is 51.2 Å². The Bertz CT molecular complexity index is 1290. The molecule has 8 nitrogen and oxygen atoms in total. The Labute approximate surface area is 222 Å². The van der Waals surface area contributed by atoms with E-state index in [1.54, 1.807) is 48.5 Å². The second-order valence-electron chi connectivity index (χ2n) is 9.87. The molecule has 0 heterocycles. The maximum absolute atomic E-state index is 13.0. The molecular weight excluding hydrogens is 482 g/mol. The molecule has 38 heavy (non-hydrogen) atoms. The third kappa shape index (κ3) is 7.60. The number of carboxylic acids is 1. The first-order chi connectivity index (χ1) is 18.0. The number of carbonyl (C=O) groups is 4. The number of nitrogens with one attached hydrogen (secondary N) is 2. The van der Waals surface area contributed by atoms with Crippen LogP contribution in [-0.4, -0.2) is 46.3 Å². The van der Waals surface area contributed by atoms with Gasteiger partial charge in [0.2, 0.25) is 11.8 Å². The summed E-state index contributed by atoms with van der Waals surface area (Å²) in [5.74, 6) is -2.47. The summed E-state index contributed by atoms with van der Waals surface area (Å²) in [5, 5.41) is 14.6. The summed E-state index contributed by atoms with van der Waals surface area (Å²) < 4.78 is 0. The Morgan fingerprint density at radius 3 is 1.89 bits per heavy atom. The normalized spacial score (nSPS) is 12.7. The number of carbonyl (C=O) groups excluding carboxylic acids is 3. The van der Waals surface area contributed by atoms with Gasteiger partial charge in [0, 0.05) is 17.5 Å². The molecule has 0 bridgehead atoms. The van der Waals surface area contributed by atoms with E-state index in [4.69, 9.17) is 5.73 Å². The zero-order chi connectivity index (χ0) is 27.9. The lowest BCUT2D eigenvalue weighted by molar-refractivity contribution is -0.146. The zero-order valence-electron chi connectivity index (χ0n) is 21.7. The predicted octanol–water partition coefficient (Wildman–Crippen LogP) is 2.80. The van der Waals surface area contributed by atoms with Gasteiger partial charge in [0.25, 0.3) is 0 Å². The molecule has 2 atom stereocenters. The fourth-order valence-electron chi connectivity index (χ4n) is 3.79. The largest absolute Gasteiger partial charge is 0.480 e. The van der Waals surface area contributed by atoms with Crippen molar-refractivity contribution in [3.63, 3.8) is 0 Å². The molecule has 5 N–H and O–H groups in total. The van der Waals surface area contributed by atoms with Gasteiger partial charge < -0.3 is 21.5 Å². The van der Waals surface area contributed by atoms with E-state index in [0.717, 1.165) is 16.7 Å². The lowest BCUT2D eigenvalue weighted by Crippen LogP contribution is -2.58. The van der Waals surface area contributed by atoms with Crippen LogP contribution < -0.4 is 16.4 Å². The highest BCUT2D eigenvalue weighted by molar-refractivity contribution is 6.08. The molecule has 3 aromatic rings. The summed E-state index contributed by atoms with van der Waals surface area (Å²) in [7, 11) is 0. The molecule has 3 rings (SSSR count). The minimum Gasteiger partial charge on any atom is -0.480 e. The number of hydrogen-bond donors (Lipinski definition) is 4. The third-order valence-corrected chi connectivity index (χ3v) is 6.21. The molecule has 0 unspecified atom stereocenters. The predicted molar refractivity (Wildman–Crippen MR) is 145 cm³/mol. The molecule has 0 spiro atoms. The van der Waals surface area contributed by atoms with Crippen LogP contribution in [0.15, 0.2) is 78.9 Å². The standard InChI is InChI=1S/C30H33N3O5/c1-19-9-11-21(12-10-19)18-25(28(36)33-30(2,3)29(37)38)32-27(35)24(31)17-20-13-15-23(16-14-20)26(34)22-7-5-4-6-8-22/h4-16,24-25H,17-18,31H2,1-3H3,(H,32,35)(H,33,36)(H,37,38)/t24-,25-/m0/s1. The van der Waals surface area contributed by atoms with Gasteiger partial charge >= 0.3 is 5.97 Å². The first kappa shape index (κ1) is 28.3. The summed E-state index contributed by atoms with van der Waals surface area (Å²) in [6, 6.07) is 21.3. The number of carboxylic acid groups (broad SMARTS) is 1. The molecule has 198 valence electrons. The summed E-state index contributed by atoms with van der Waals surface area (Å²) in [5.41, 5.74) is 8.36. The Hall–Kier alpha value is -4.30. The van der Waals surface area contributed by atoms with Crippen LogP contribution in [0.1, 0.15) is 46.5 Å². The van der Waals surface area contributed by atoms with Crippen molar-refractivity contribution in [2.75, 3.05) is 0 Å². The molecule has 0 aliphatic rings. The van der Waals surface area contributed by atoms with Crippen molar-refractivity contribution in [2.24, 2.45) is 5.73 Å². The van der Waals surface area contributed by atoms with Crippen LogP contribution in [0.5, 0.6) is 0 Å². The number of benzene rings is 3. The quantitative estimate of drug-likeness (QED) is 0.290. The molecule has 2 amide bonds. The second-order valence-corrected chi connectivity index (χ2v) is 9.87. The first-order valence-electron chi connectivity index (χ1n) is 12.3. The van der Waals surface area contributed by atoms with E-state index < -0.39 is 35.4 Å². The topological polar surface area (TPSA) is 139 Å². The van der Waals surface area contributed by atoms with Gasteiger partial charge in [-0.1, -0.05) is 84.4 Å². The van der Waals surface area contributed by atoms with Gasteiger partial charge in [0.1, 0.15) is 11.6 Å². The number of amides is 2. The lowest BCUT2D eigenvalue weighted by atomic mass is 9.98. The van der Waals surface area contributed by atoms with Crippen LogP contribution >= 0.6 is 0 Å². The molecule has 0 saturated heterocycles. The van der Waals surface area contributed by atoms with Gasteiger partial charge in [-0.3, -0.25) is 14.4 Å². The maximum Gasteiger partial charge on any atom is 0.328 e. The number of rotatable bonds is 11. The summed E-state index contributed by atoms with van der Waals surface area (Å²) in [6.45, 7) is 4.68. The van der Waals surface area contributed by atoms with E-state index in [0.29, 0.717) is 11.1 Å². The number of aryl methyl sites for hydroxylation is 1. The maximum atomic E-state index is 13.0. The minimum atomic E-state index is -1.52. The lowest BCUT2D eigenvalue weighted by Gasteiger charge is -2.26. The van der Waals surface area contributed by atoms with E-state index in [2.05, 4.69) is 10.6 Å². The van der Waals surface area contributed by atoms with E-state index in [1.165, 1.54) is 13.8 Å². The van der Waals surface area contributed by atoms with Crippen LogP contribution in [0, 0.1) is 6.92 Å². The Balaban J connectivity index is 1.69. The number of nitrogens with two attached hydrogens (primary N) is 1. The van der Waals surface area contributed by atoms with Crippen molar-refractivity contribution < 1.29 is 24.3 Å². The first-order valence-corrected chi connectivity index (χ1v) is 12.3. The highest BCUT2D eigenvalue weighted by atomic mass is 16.4. The van der Waals surface area contributed by atoms with Crippen LogP contribution in [0.25, 0.3) is 0 Å². The Morgan fingerprint density at radius 2 is 1.32 bits per heavy atom. The zero-order valence-corrected chi connectivity index (χ0v) is 21.7. The van der Waals surface area contributed by atoms with Gasteiger partial charge in [0.05, 0.1) is 6.04 Å². The summed E-state index contributed by atoms with van der Waals surface area (Å²) >= 11 is 0. The molecule has 8 heteroatoms. The minimum absolute atomic E-state index is 0.103. The molecule has 0 aromatic heterocycles. The average molecular weight is 516 g/mol. The van der Waals surface area contributed by atoms with E-state index in [9.17, 15) is 24.3 Å². The van der Waals surface area contributed by atoms with E-state index in [-0.39, 0.29) is 18.6 Å². The second kappa shape index (κ2) is 12.3. The van der Waals surface area contributed by atoms with Crippen molar-refractivity contribution in [3.8, 4) is 0 Å². The van der Waals surface area contributed by atoms with Crippen LogP contribution in [0.4, 0.5) is 0 Å². The van der Waals surface area contributed by atoms with Gasteiger partial charge in [0.15, 0.2) is 5.78 Å². The SMILES string of the molecule is Cc1ccc(C[C@H](NC(=O)[C@@H](N)Cc2ccc(C(=O)c3ccccc3)cc2)C(=O)NC(C)(C)C(=O)O)cc1. The van der Waals surface area contributed by atoms with Gasteiger partial charge in [-0.15, -0.1) is 0 Å². The van der Waals surface area contributed by atoms with Gasteiger partial charge in [-0.2, -0.15) is 0 Å². The summed E-state index contributed by atoms with van der Waals surface area (Å²) in [4.78, 5) is 50.1. The average Bonchev–Trinajstić information content (AvgIpc) is 2.89. The number of ketones is 1. The van der Waals surface area contributed by atoms with Crippen molar-refractivity contribution in [1.82, 2.24) is 10.6 Å². The molecule has 0 fully saturated rings. The van der Waals surface area contributed by atoms with Gasteiger partial charge in [-0.05, 0) is 38.3 Å². The third-order valence-electron chi connectivity index (χ3n) is 6.21. The number of aliphatic carboxylic acids is 1. The van der Waals surface area contributed by atoms with Crippen molar-refractivity contribution >= 4 is 23.6 Å². The highest BCUT2D eigenvalue weighted by Gasteiger charge is 2.33. The van der Waals surface area contributed by atoms with Crippen LogP contribution in [0.3, 0.4) is 0 Å². The molecule has 0 saturated carbocycles. The van der Waals surface area contributed by atoms with E-state index in [1.807, 2.05) is 37.3 Å². The molecule has 3 aromatic carbocycles. The van der Waals surface area contributed by atoms with Crippen molar-refractivity contribution in [1.29, 1.82) is 0 Å². The van der Waals surface area contributed by atoms with Gasteiger partial charge in [-0.25, -0.2) is 4.79 Å². The molecular formula is C30H33N3O5. The Morgan fingerprint density at radius 1 is 0.789 bits per heavy atom. The fourth-order valence-corrected chi connectivity index (χ4v) is 3.79. The highest BCUT2D eigenvalue weighted by Crippen LogP contribution is 2.13. The number of hydrogen-bond acceptors (Lipinski definition) is 5. The smallest absolute Gasteiger partial charge is 0.328 e. The monoisotopic (exact) mass is 515 g/mol. The van der Waals surface area contributed by atoms with Crippen LogP contribution in [0.2, 0.25) is 0 Å². The molecule has 0 aliphatic heterocycles. The Kier molecular flexibility index (Phi) is 9.15. The summed E-state index contributed by atoms with van der Waals surface area (Å²) in [6.07, 6.45) is 0.349. The van der Waals surface area contributed by atoms with Crippen LogP contribution in [-0.2, 0) is 27.2 Å². The molecule has 0 radical (unpaired) electrons.